The van der Waals surface area contributed by atoms with Crippen molar-refractivity contribution in [2.75, 3.05) is 5.43 Å². The molecule has 110 valence electrons. The number of halogens is 1. The molecule has 0 fully saturated rings. The number of hydrogen-bond donors (Lipinski definition) is 1. The Hall–Kier alpha value is -2.05. The highest BCUT2D eigenvalue weighted by atomic mass is 79.9. The van der Waals surface area contributed by atoms with Crippen LogP contribution in [0, 0.1) is 0 Å². The molecule has 0 aliphatic carbocycles. The number of aromatic nitrogens is 2. The summed E-state index contributed by atoms with van der Waals surface area (Å²) < 4.78 is 1.06. The number of nitrogens with zero attached hydrogens (tertiary/aromatic N) is 3. The summed E-state index contributed by atoms with van der Waals surface area (Å²) in [6, 6.07) is 11.9. The van der Waals surface area contributed by atoms with E-state index in [1.807, 2.05) is 48.7 Å². The lowest BCUT2D eigenvalue weighted by Crippen LogP contribution is -1.99. The number of thiazole rings is 1. The molecule has 0 atom stereocenters. The Morgan fingerprint density at radius 3 is 2.77 bits per heavy atom. The zero-order valence-electron chi connectivity index (χ0n) is 11.8. The number of hydrogen-bond acceptors (Lipinski definition) is 5. The molecule has 6 heteroatoms. The molecule has 0 unspecified atom stereocenters. The standard InChI is InChI=1S/C16H13BrN4S/c1-11(13-3-2-8-18-9-13)20-21-16-19-15(10-22-16)12-4-6-14(17)7-5-12/h2-10H,1H3,(H,19,21)/b20-11-. The van der Waals surface area contributed by atoms with Gasteiger partial charge >= 0.3 is 0 Å². The Labute approximate surface area is 141 Å². The molecule has 1 N–H and O–H groups in total. The lowest BCUT2D eigenvalue weighted by molar-refractivity contribution is 1.26. The van der Waals surface area contributed by atoms with Crippen molar-refractivity contribution >= 4 is 38.1 Å². The van der Waals surface area contributed by atoms with Crippen LogP contribution in [-0.2, 0) is 0 Å². The molecule has 4 nitrogen and oxygen atoms in total. The van der Waals surface area contributed by atoms with E-state index in [-0.39, 0.29) is 0 Å². The second-order valence-electron chi connectivity index (χ2n) is 4.60. The Bertz CT molecular complexity index is 781. The van der Waals surface area contributed by atoms with Gasteiger partial charge in [0.1, 0.15) is 0 Å². The minimum absolute atomic E-state index is 0.765. The smallest absolute Gasteiger partial charge is 0.203 e. The largest absolute Gasteiger partial charge is 0.264 e. The molecule has 0 amide bonds. The van der Waals surface area contributed by atoms with Gasteiger partial charge in [0.05, 0.1) is 11.4 Å². The predicted molar refractivity (Wildman–Crippen MR) is 95.3 cm³/mol. The first-order valence-corrected chi connectivity index (χ1v) is 8.32. The number of anilines is 1. The number of benzene rings is 1. The van der Waals surface area contributed by atoms with Gasteiger partial charge in [0.25, 0.3) is 0 Å². The molecule has 0 radical (unpaired) electrons. The molecule has 0 saturated carbocycles. The van der Waals surface area contributed by atoms with Gasteiger partial charge in [-0.05, 0) is 25.1 Å². The molecular formula is C16H13BrN4S. The van der Waals surface area contributed by atoms with Gasteiger partial charge in [-0.15, -0.1) is 11.3 Å². The molecule has 0 bridgehead atoms. The summed E-state index contributed by atoms with van der Waals surface area (Å²) in [5.74, 6) is 0. The third kappa shape index (κ3) is 3.58. The molecule has 2 heterocycles. The van der Waals surface area contributed by atoms with E-state index >= 15 is 0 Å². The van der Waals surface area contributed by atoms with Gasteiger partial charge in [0, 0.05) is 33.4 Å². The van der Waals surface area contributed by atoms with Crippen LogP contribution in [-0.4, -0.2) is 15.7 Å². The summed E-state index contributed by atoms with van der Waals surface area (Å²) in [6.07, 6.45) is 3.53. The van der Waals surface area contributed by atoms with Crippen molar-refractivity contribution in [3.8, 4) is 11.3 Å². The topological polar surface area (TPSA) is 50.2 Å². The molecule has 0 spiro atoms. The number of hydrazone groups is 1. The van der Waals surface area contributed by atoms with Crippen LogP contribution in [0.1, 0.15) is 12.5 Å². The van der Waals surface area contributed by atoms with Crippen molar-refractivity contribution < 1.29 is 0 Å². The van der Waals surface area contributed by atoms with Crippen LogP contribution in [0.25, 0.3) is 11.3 Å². The minimum Gasteiger partial charge on any atom is -0.264 e. The number of nitrogens with one attached hydrogen (secondary N) is 1. The normalized spacial score (nSPS) is 11.5. The number of rotatable bonds is 4. The maximum Gasteiger partial charge on any atom is 0.203 e. The van der Waals surface area contributed by atoms with E-state index in [1.54, 1.807) is 12.4 Å². The zero-order chi connectivity index (χ0) is 15.4. The summed E-state index contributed by atoms with van der Waals surface area (Å²) in [7, 11) is 0. The van der Waals surface area contributed by atoms with Gasteiger partial charge in [-0.1, -0.05) is 34.1 Å². The van der Waals surface area contributed by atoms with Gasteiger partial charge in [-0.2, -0.15) is 5.10 Å². The van der Waals surface area contributed by atoms with Crippen molar-refractivity contribution in [3.05, 3.63) is 64.2 Å². The van der Waals surface area contributed by atoms with Gasteiger partial charge in [0.2, 0.25) is 5.13 Å². The maximum absolute atomic E-state index is 4.55. The Morgan fingerprint density at radius 1 is 1.23 bits per heavy atom. The predicted octanol–water partition coefficient (Wildman–Crippen LogP) is 4.80. The molecule has 1 aromatic carbocycles. The van der Waals surface area contributed by atoms with Gasteiger partial charge in [0.15, 0.2) is 0 Å². The Balaban J connectivity index is 1.73. The van der Waals surface area contributed by atoms with Crippen LogP contribution < -0.4 is 5.43 Å². The van der Waals surface area contributed by atoms with E-state index < -0.39 is 0 Å². The fourth-order valence-electron chi connectivity index (χ4n) is 1.85. The third-order valence-electron chi connectivity index (χ3n) is 3.04. The minimum atomic E-state index is 0.765. The molecule has 22 heavy (non-hydrogen) atoms. The van der Waals surface area contributed by atoms with E-state index in [2.05, 4.69) is 36.4 Å². The van der Waals surface area contributed by atoms with E-state index in [0.717, 1.165) is 32.1 Å². The van der Waals surface area contributed by atoms with Crippen molar-refractivity contribution in [2.24, 2.45) is 5.10 Å². The third-order valence-corrected chi connectivity index (χ3v) is 4.32. The molecule has 0 saturated heterocycles. The molecule has 0 aliphatic rings. The zero-order valence-corrected chi connectivity index (χ0v) is 14.2. The second-order valence-corrected chi connectivity index (χ2v) is 6.37. The first-order valence-electron chi connectivity index (χ1n) is 6.64. The second kappa shape index (κ2) is 6.81. The van der Waals surface area contributed by atoms with Gasteiger partial charge in [-0.25, -0.2) is 4.98 Å². The Kier molecular flexibility index (Phi) is 4.60. The summed E-state index contributed by atoms with van der Waals surface area (Å²) in [5.41, 5.74) is 6.88. The summed E-state index contributed by atoms with van der Waals surface area (Å²) in [6.45, 7) is 1.94. The van der Waals surface area contributed by atoms with Crippen molar-refractivity contribution in [1.29, 1.82) is 0 Å². The van der Waals surface area contributed by atoms with E-state index in [4.69, 9.17) is 0 Å². The van der Waals surface area contributed by atoms with Crippen LogP contribution in [0.5, 0.6) is 0 Å². The summed E-state index contributed by atoms with van der Waals surface area (Å²) in [4.78, 5) is 8.63. The van der Waals surface area contributed by atoms with Crippen LogP contribution in [0.2, 0.25) is 0 Å². The average Bonchev–Trinajstić information content (AvgIpc) is 3.03. The number of pyridine rings is 1. The maximum atomic E-state index is 4.55. The fraction of sp³-hybridized carbons (Fsp3) is 0.0625. The van der Waals surface area contributed by atoms with Crippen LogP contribution >= 0.6 is 27.3 Å². The highest BCUT2D eigenvalue weighted by Crippen LogP contribution is 2.26. The monoisotopic (exact) mass is 372 g/mol. The van der Waals surface area contributed by atoms with Gasteiger partial charge in [-0.3, -0.25) is 10.4 Å². The van der Waals surface area contributed by atoms with E-state index in [9.17, 15) is 0 Å². The average molecular weight is 373 g/mol. The summed E-state index contributed by atoms with van der Waals surface area (Å²) in [5, 5.41) is 7.13. The molecule has 3 aromatic rings. The molecule has 3 rings (SSSR count). The summed E-state index contributed by atoms with van der Waals surface area (Å²) >= 11 is 4.96. The first-order chi connectivity index (χ1) is 10.7. The van der Waals surface area contributed by atoms with Crippen molar-refractivity contribution in [1.82, 2.24) is 9.97 Å². The van der Waals surface area contributed by atoms with Crippen molar-refractivity contribution in [2.45, 2.75) is 6.92 Å². The first kappa shape index (κ1) is 14.9. The van der Waals surface area contributed by atoms with Crippen LogP contribution in [0.15, 0.2) is 63.7 Å². The quantitative estimate of drug-likeness (QED) is 0.528. The molecule has 2 aromatic heterocycles. The Morgan fingerprint density at radius 2 is 2.05 bits per heavy atom. The molecular weight excluding hydrogens is 360 g/mol. The highest BCUT2D eigenvalue weighted by Gasteiger charge is 2.04. The molecule has 0 aliphatic heterocycles. The van der Waals surface area contributed by atoms with E-state index in [1.165, 1.54) is 11.3 Å². The van der Waals surface area contributed by atoms with E-state index in [0.29, 0.717) is 0 Å². The highest BCUT2D eigenvalue weighted by molar-refractivity contribution is 9.10. The lowest BCUT2D eigenvalue weighted by Gasteiger charge is -2.00. The van der Waals surface area contributed by atoms with Gasteiger partial charge < -0.3 is 0 Å². The van der Waals surface area contributed by atoms with Crippen molar-refractivity contribution in [3.63, 3.8) is 0 Å². The van der Waals surface area contributed by atoms with Crippen LogP contribution in [0.4, 0.5) is 5.13 Å². The fourth-order valence-corrected chi connectivity index (χ4v) is 2.78. The SMILES string of the molecule is C/C(=N/Nc1nc(-c2ccc(Br)cc2)cs1)c1cccnc1. The van der Waals surface area contributed by atoms with Crippen LogP contribution in [0.3, 0.4) is 0 Å². The lowest BCUT2D eigenvalue weighted by atomic mass is 10.2.